The van der Waals surface area contributed by atoms with Crippen molar-refractivity contribution in [3.8, 4) is 0 Å². The van der Waals surface area contributed by atoms with Gasteiger partial charge in [0, 0.05) is 17.2 Å². The van der Waals surface area contributed by atoms with Gasteiger partial charge in [0.05, 0.1) is 4.90 Å². The Kier molecular flexibility index (Phi) is 6.24. The monoisotopic (exact) mass is 403 g/mol. The maximum Gasteiger partial charge on any atom is 0.255 e. The zero-order chi connectivity index (χ0) is 20.1. The van der Waals surface area contributed by atoms with Crippen molar-refractivity contribution in [3.05, 3.63) is 59.9 Å². The Morgan fingerprint density at radius 3 is 2.36 bits per heavy atom. The number of Topliss-reactive ketones (excluding diaryl/α,β-unsaturated/α-hetero) is 1. The van der Waals surface area contributed by atoms with Crippen LogP contribution in [0.1, 0.15) is 42.5 Å². The first-order valence-corrected chi connectivity index (χ1v) is 10.9. The lowest BCUT2D eigenvalue weighted by Gasteiger charge is -2.20. The molecule has 0 aromatic heterocycles. The third-order valence-electron chi connectivity index (χ3n) is 4.95. The molecule has 0 saturated heterocycles. The Balaban J connectivity index is 1.72. The minimum absolute atomic E-state index is 0.0524. The Morgan fingerprint density at radius 1 is 1.00 bits per heavy atom. The van der Waals surface area contributed by atoms with Gasteiger partial charge in [0.2, 0.25) is 0 Å². The predicted octanol–water partition coefficient (Wildman–Crippen LogP) is 4.00. The van der Waals surface area contributed by atoms with E-state index in [-0.39, 0.29) is 22.2 Å². The maximum absolute atomic E-state index is 13.0. The molecule has 0 bridgehead atoms. The second kappa shape index (κ2) is 8.65. The maximum atomic E-state index is 13.0. The van der Waals surface area contributed by atoms with Gasteiger partial charge in [-0.2, -0.15) is 0 Å². The molecule has 1 aliphatic rings. The van der Waals surface area contributed by atoms with E-state index in [0.717, 1.165) is 32.1 Å². The summed E-state index contributed by atoms with van der Waals surface area (Å²) in [6, 6.07) is 10.9. The van der Waals surface area contributed by atoms with E-state index in [1.165, 1.54) is 48.5 Å². The molecule has 28 heavy (non-hydrogen) atoms. The second-order valence-corrected chi connectivity index (χ2v) is 9.04. The van der Waals surface area contributed by atoms with Gasteiger partial charge >= 0.3 is 0 Å². The molecule has 7 heteroatoms. The topological polar surface area (TPSA) is 80.3 Å². The van der Waals surface area contributed by atoms with Crippen LogP contribution in [0.15, 0.2) is 53.4 Å². The molecule has 0 heterocycles. The number of hydrogen-bond donors (Lipinski definition) is 1. The lowest BCUT2D eigenvalue weighted by Crippen LogP contribution is -2.25. The van der Waals surface area contributed by atoms with Crippen LogP contribution in [0, 0.1) is 11.7 Å². The third kappa shape index (κ3) is 5.04. The molecule has 3 rings (SSSR count). The minimum Gasteiger partial charge on any atom is -0.322 e. The van der Waals surface area contributed by atoms with E-state index >= 15 is 0 Å². The smallest absolute Gasteiger partial charge is 0.255 e. The van der Waals surface area contributed by atoms with E-state index in [2.05, 4.69) is 5.32 Å². The normalized spacial score (nSPS) is 15.2. The van der Waals surface area contributed by atoms with E-state index in [0.29, 0.717) is 5.69 Å². The number of sulfone groups is 1. The van der Waals surface area contributed by atoms with Gasteiger partial charge in [-0.15, -0.1) is 0 Å². The fraction of sp³-hybridized carbons (Fsp3) is 0.333. The summed E-state index contributed by atoms with van der Waals surface area (Å²) >= 11 is 0. The van der Waals surface area contributed by atoms with Gasteiger partial charge in [0.15, 0.2) is 15.6 Å². The van der Waals surface area contributed by atoms with Crippen LogP contribution >= 0.6 is 0 Å². The number of anilines is 1. The van der Waals surface area contributed by atoms with Crippen molar-refractivity contribution >= 4 is 27.2 Å². The summed E-state index contributed by atoms with van der Waals surface area (Å²) in [5.41, 5.74) is 0.544. The molecule has 1 saturated carbocycles. The highest BCUT2D eigenvalue weighted by molar-refractivity contribution is 7.92. The largest absolute Gasteiger partial charge is 0.322 e. The summed E-state index contributed by atoms with van der Waals surface area (Å²) in [5, 5.41) is 2.59. The van der Waals surface area contributed by atoms with Crippen LogP contribution in [0.25, 0.3) is 0 Å². The number of nitrogens with one attached hydrogen (secondary N) is 1. The standard InChI is InChI=1S/C21H22FNO4S/c22-17-9-11-18(12-10-17)23-21(25)16-7-4-8-19(13-16)28(26,27)14-20(24)15-5-2-1-3-6-15/h4,7-13,15H,1-3,5-6,14H2,(H,23,25). The highest BCUT2D eigenvalue weighted by Gasteiger charge is 2.27. The lowest BCUT2D eigenvalue weighted by atomic mass is 9.87. The second-order valence-electron chi connectivity index (χ2n) is 7.05. The highest BCUT2D eigenvalue weighted by Crippen LogP contribution is 2.26. The van der Waals surface area contributed by atoms with Crippen molar-refractivity contribution in [3.63, 3.8) is 0 Å². The van der Waals surface area contributed by atoms with Crippen LogP contribution in [0.4, 0.5) is 10.1 Å². The highest BCUT2D eigenvalue weighted by atomic mass is 32.2. The Morgan fingerprint density at radius 2 is 1.68 bits per heavy atom. The van der Waals surface area contributed by atoms with E-state index < -0.39 is 27.3 Å². The molecule has 0 aliphatic heterocycles. The average Bonchev–Trinajstić information content (AvgIpc) is 2.70. The molecule has 1 aliphatic carbocycles. The van der Waals surface area contributed by atoms with Crippen LogP contribution < -0.4 is 5.32 Å². The van der Waals surface area contributed by atoms with Crippen LogP contribution in [0.3, 0.4) is 0 Å². The minimum atomic E-state index is -3.82. The van der Waals surface area contributed by atoms with Gasteiger partial charge < -0.3 is 5.32 Å². The molecule has 5 nitrogen and oxygen atoms in total. The average molecular weight is 403 g/mol. The number of benzene rings is 2. The summed E-state index contributed by atoms with van der Waals surface area (Å²) in [4.78, 5) is 24.7. The van der Waals surface area contributed by atoms with Crippen molar-refractivity contribution in [2.45, 2.75) is 37.0 Å². The first-order valence-electron chi connectivity index (χ1n) is 9.27. The molecule has 2 aromatic rings. The van der Waals surface area contributed by atoms with Gasteiger partial charge in [-0.3, -0.25) is 9.59 Å². The van der Waals surface area contributed by atoms with Crippen LogP contribution in [-0.2, 0) is 14.6 Å². The number of carbonyl (C=O) groups excluding carboxylic acids is 2. The number of carbonyl (C=O) groups is 2. The molecule has 0 radical (unpaired) electrons. The molecule has 1 fully saturated rings. The SMILES string of the molecule is O=C(Nc1ccc(F)cc1)c1cccc(S(=O)(=O)CC(=O)C2CCCCC2)c1. The molecule has 148 valence electrons. The number of hydrogen-bond acceptors (Lipinski definition) is 4. The summed E-state index contributed by atoms with van der Waals surface area (Å²) in [7, 11) is -3.82. The van der Waals surface area contributed by atoms with Crippen molar-refractivity contribution < 1.29 is 22.4 Å². The molecule has 0 unspecified atom stereocenters. The summed E-state index contributed by atoms with van der Waals surface area (Å²) < 4.78 is 38.3. The van der Waals surface area contributed by atoms with Gasteiger partial charge in [0.25, 0.3) is 5.91 Å². The van der Waals surface area contributed by atoms with Gasteiger partial charge in [-0.25, -0.2) is 12.8 Å². The summed E-state index contributed by atoms with van der Waals surface area (Å²) in [6.45, 7) is 0. The Bertz CT molecular complexity index is 964. The molecule has 0 spiro atoms. The van der Waals surface area contributed by atoms with Crippen molar-refractivity contribution in [2.75, 3.05) is 11.1 Å². The molecular formula is C21H22FNO4S. The summed E-state index contributed by atoms with van der Waals surface area (Å²) in [5.74, 6) is -1.91. The fourth-order valence-corrected chi connectivity index (χ4v) is 4.75. The van der Waals surface area contributed by atoms with Gasteiger partial charge in [-0.05, 0) is 55.3 Å². The molecule has 1 amide bonds. The van der Waals surface area contributed by atoms with Crippen LogP contribution in [0.5, 0.6) is 0 Å². The number of rotatable bonds is 6. The van der Waals surface area contributed by atoms with E-state index in [4.69, 9.17) is 0 Å². The van der Waals surface area contributed by atoms with E-state index in [1.807, 2.05) is 0 Å². The zero-order valence-corrected chi connectivity index (χ0v) is 16.2. The third-order valence-corrected chi connectivity index (χ3v) is 6.59. The van der Waals surface area contributed by atoms with Crippen molar-refractivity contribution in [1.82, 2.24) is 0 Å². The zero-order valence-electron chi connectivity index (χ0n) is 15.4. The fourth-order valence-electron chi connectivity index (χ4n) is 3.38. The molecular weight excluding hydrogens is 381 g/mol. The number of amides is 1. The number of halogens is 1. The van der Waals surface area contributed by atoms with Crippen LogP contribution in [0.2, 0.25) is 0 Å². The predicted molar refractivity (Wildman–Crippen MR) is 104 cm³/mol. The number of ketones is 1. The Labute approximate surface area is 163 Å². The summed E-state index contributed by atoms with van der Waals surface area (Å²) in [6.07, 6.45) is 4.48. The lowest BCUT2D eigenvalue weighted by molar-refractivity contribution is -0.121. The first-order chi connectivity index (χ1) is 13.3. The first kappa shape index (κ1) is 20.2. The van der Waals surface area contributed by atoms with Gasteiger partial charge in [-0.1, -0.05) is 25.3 Å². The molecule has 2 aromatic carbocycles. The molecule has 0 atom stereocenters. The van der Waals surface area contributed by atoms with Crippen LogP contribution in [-0.4, -0.2) is 25.9 Å². The van der Waals surface area contributed by atoms with E-state index in [1.54, 1.807) is 0 Å². The van der Waals surface area contributed by atoms with Gasteiger partial charge in [0.1, 0.15) is 11.6 Å². The van der Waals surface area contributed by atoms with Crippen molar-refractivity contribution in [2.24, 2.45) is 5.92 Å². The quantitative estimate of drug-likeness (QED) is 0.791. The Hall–Kier alpha value is -2.54. The molecule has 1 N–H and O–H groups in total. The van der Waals surface area contributed by atoms with Crippen molar-refractivity contribution in [1.29, 1.82) is 0 Å². The van der Waals surface area contributed by atoms with E-state index in [9.17, 15) is 22.4 Å².